The lowest BCUT2D eigenvalue weighted by Gasteiger charge is -2.48. The Hall–Kier alpha value is -0.510. The predicted molar refractivity (Wildman–Crippen MR) is 85.3 cm³/mol. The van der Waals surface area contributed by atoms with Crippen molar-refractivity contribution in [2.75, 3.05) is 0 Å². The minimum atomic E-state index is 0.0428. The third-order valence-corrected chi connectivity index (χ3v) is 6.14. The van der Waals surface area contributed by atoms with Gasteiger partial charge in [-0.3, -0.25) is 0 Å². The first kappa shape index (κ1) is 15.9. The fourth-order valence-electron chi connectivity index (χ4n) is 5.10. The van der Waals surface area contributed by atoms with Crippen LogP contribution in [0.15, 0.2) is 0 Å². The molecule has 0 amide bonds. The Kier molecular flexibility index (Phi) is 5.94. The van der Waals surface area contributed by atoms with E-state index in [2.05, 4.69) is 19.9 Å². The van der Waals surface area contributed by atoms with E-state index in [4.69, 9.17) is 0 Å². The molecule has 2 aliphatic carbocycles. The van der Waals surface area contributed by atoms with E-state index >= 15 is 0 Å². The second kappa shape index (κ2) is 7.48. The van der Waals surface area contributed by atoms with Crippen molar-refractivity contribution < 1.29 is 0 Å². The van der Waals surface area contributed by atoms with Crippen LogP contribution in [0.5, 0.6) is 0 Å². The molecular weight excluding hydrogens is 242 g/mol. The first-order valence-corrected chi connectivity index (χ1v) is 9.17. The molecule has 4 atom stereocenters. The van der Waals surface area contributed by atoms with Crippen molar-refractivity contribution in [3.05, 3.63) is 0 Å². The summed E-state index contributed by atoms with van der Waals surface area (Å²) in [6, 6.07) is 2.81. The molecule has 0 radical (unpaired) electrons. The van der Waals surface area contributed by atoms with Crippen molar-refractivity contribution in [3.63, 3.8) is 0 Å². The summed E-state index contributed by atoms with van der Waals surface area (Å²) in [6.45, 7) is 4.55. The second-order valence-corrected chi connectivity index (χ2v) is 7.45. The average molecular weight is 275 g/mol. The molecule has 0 bridgehead atoms. The first-order valence-electron chi connectivity index (χ1n) is 9.17. The van der Waals surface area contributed by atoms with Crippen molar-refractivity contribution in [1.82, 2.24) is 0 Å². The van der Waals surface area contributed by atoms with Crippen LogP contribution in [0.25, 0.3) is 0 Å². The molecule has 2 rings (SSSR count). The lowest BCUT2D eigenvalue weighted by atomic mass is 9.54. The summed E-state index contributed by atoms with van der Waals surface area (Å²) in [7, 11) is 0. The van der Waals surface area contributed by atoms with Gasteiger partial charge in [0, 0.05) is 0 Å². The number of rotatable bonds is 6. The molecule has 114 valence electrons. The summed E-state index contributed by atoms with van der Waals surface area (Å²) < 4.78 is 0. The lowest BCUT2D eigenvalue weighted by molar-refractivity contribution is 0.0226. The maximum Gasteiger partial charge on any atom is 0.0692 e. The number of unbranched alkanes of at least 4 members (excludes halogenated alkanes) is 2. The van der Waals surface area contributed by atoms with E-state index in [9.17, 15) is 5.26 Å². The molecule has 2 fully saturated rings. The van der Waals surface area contributed by atoms with Gasteiger partial charge in [0.1, 0.15) is 0 Å². The average Bonchev–Trinajstić information content (AvgIpc) is 2.48. The second-order valence-electron chi connectivity index (χ2n) is 7.45. The van der Waals surface area contributed by atoms with E-state index in [1.807, 2.05) is 0 Å². The van der Waals surface area contributed by atoms with E-state index in [1.165, 1.54) is 70.6 Å². The molecule has 0 aromatic rings. The first-order chi connectivity index (χ1) is 9.75. The molecule has 2 saturated carbocycles. The number of nitriles is 1. The lowest BCUT2D eigenvalue weighted by Crippen LogP contribution is -2.42. The van der Waals surface area contributed by atoms with E-state index in [0.29, 0.717) is 0 Å². The van der Waals surface area contributed by atoms with Gasteiger partial charge in [-0.25, -0.2) is 0 Å². The van der Waals surface area contributed by atoms with Crippen LogP contribution < -0.4 is 0 Å². The number of hydrogen-bond acceptors (Lipinski definition) is 1. The molecule has 0 spiro atoms. The molecule has 0 heterocycles. The highest BCUT2D eigenvalue weighted by molar-refractivity contribution is 5.08. The van der Waals surface area contributed by atoms with E-state index in [1.54, 1.807) is 0 Å². The van der Waals surface area contributed by atoms with Crippen LogP contribution in [0.4, 0.5) is 0 Å². The fourth-order valence-corrected chi connectivity index (χ4v) is 5.10. The summed E-state index contributed by atoms with van der Waals surface area (Å²) in [5, 5.41) is 9.86. The predicted octanol–water partition coefficient (Wildman–Crippen LogP) is 6.09. The maximum atomic E-state index is 9.86. The zero-order valence-electron chi connectivity index (χ0n) is 13.7. The molecule has 0 aromatic heterocycles. The smallest absolute Gasteiger partial charge is 0.0692 e. The summed E-state index contributed by atoms with van der Waals surface area (Å²) >= 11 is 0. The zero-order valence-corrected chi connectivity index (χ0v) is 13.7. The van der Waals surface area contributed by atoms with Crippen LogP contribution in [0.2, 0.25) is 0 Å². The summed E-state index contributed by atoms with van der Waals surface area (Å²) in [6.07, 6.45) is 16.0. The fraction of sp³-hybridized carbons (Fsp3) is 0.947. The summed E-state index contributed by atoms with van der Waals surface area (Å²) in [4.78, 5) is 0. The van der Waals surface area contributed by atoms with Crippen LogP contribution in [0.1, 0.15) is 90.9 Å². The number of fused-ring (bicyclic) bond motifs is 1. The standard InChI is InChI=1S/C19H33N/c1-3-5-6-8-16-10-11-17-9-7-13-19(15-20,12-4-2)18(17)14-16/h16-18H,3-14H2,1-2H3/t16-,17+,18-,19?/m1/s1. The molecule has 0 N–H and O–H groups in total. The topological polar surface area (TPSA) is 23.8 Å². The van der Waals surface area contributed by atoms with Crippen molar-refractivity contribution in [2.45, 2.75) is 90.9 Å². The van der Waals surface area contributed by atoms with E-state index in [0.717, 1.165) is 24.2 Å². The minimum Gasteiger partial charge on any atom is -0.198 e. The summed E-state index contributed by atoms with van der Waals surface area (Å²) in [5.74, 6) is 2.52. The molecule has 1 heteroatoms. The van der Waals surface area contributed by atoms with E-state index in [-0.39, 0.29) is 5.41 Å². The molecule has 20 heavy (non-hydrogen) atoms. The van der Waals surface area contributed by atoms with Crippen LogP contribution in [-0.2, 0) is 0 Å². The molecule has 2 aliphatic rings. The van der Waals surface area contributed by atoms with Crippen molar-refractivity contribution in [2.24, 2.45) is 23.2 Å². The van der Waals surface area contributed by atoms with Crippen molar-refractivity contribution in [3.8, 4) is 6.07 Å². The monoisotopic (exact) mass is 275 g/mol. The van der Waals surface area contributed by atoms with Gasteiger partial charge in [-0.1, -0.05) is 65.2 Å². The molecule has 0 saturated heterocycles. The number of hydrogen-bond donors (Lipinski definition) is 0. The third-order valence-electron chi connectivity index (χ3n) is 6.14. The Balaban J connectivity index is 2.01. The molecule has 0 aliphatic heterocycles. The van der Waals surface area contributed by atoms with E-state index < -0.39 is 0 Å². The molecule has 0 aromatic carbocycles. The minimum absolute atomic E-state index is 0.0428. The largest absolute Gasteiger partial charge is 0.198 e. The maximum absolute atomic E-state index is 9.86. The van der Waals surface area contributed by atoms with Crippen LogP contribution >= 0.6 is 0 Å². The van der Waals surface area contributed by atoms with Gasteiger partial charge < -0.3 is 0 Å². The highest BCUT2D eigenvalue weighted by Gasteiger charge is 2.47. The van der Waals surface area contributed by atoms with Crippen molar-refractivity contribution >= 4 is 0 Å². The van der Waals surface area contributed by atoms with Crippen LogP contribution in [0, 0.1) is 34.5 Å². The van der Waals surface area contributed by atoms with Gasteiger partial charge in [-0.05, 0) is 43.4 Å². The van der Waals surface area contributed by atoms with Crippen molar-refractivity contribution in [1.29, 1.82) is 5.26 Å². The molecular formula is C19H33N. The van der Waals surface area contributed by atoms with Crippen LogP contribution in [0.3, 0.4) is 0 Å². The summed E-state index contributed by atoms with van der Waals surface area (Å²) in [5.41, 5.74) is 0.0428. The van der Waals surface area contributed by atoms with Gasteiger partial charge in [-0.2, -0.15) is 5.26 Å². The number of nitrogens with zero attached hydrogens (tertiary/aromatic N) is 1. The van der Waals surface area contributed by atoms with Gasteiger partial charge in [0.05, 0.1) is 11.5 Å². The van der Waals surface area contributed by atoms with Gasteiger partial charge in [0.25, 0.3) is 0 Å². The quantitative estimate of drug-likeness (QED) is 0.538. The van der Waals surface area contributed by atoms with Gasteiger partial charge >= 0.3 is 0 Å². The van der Waals surface area contributed by atoms with Gasteiger partial charge in [0.15, 0.2) is 0 Å². The Morgan fingerprint density at radius 2 is 1.95 bits per heavy atom. The Morgan fingerprint density at radius 1 is 1.10 bits per heavy atom. The SMILES string of the molecule is CCCCC[C@@H]1CC[C@@H]2CCCC(C#N)(CCC)[C@@H]2C1. The van der Waals surface area contributed by atoms with Gasteiger partial charge in [0.2, 0.25) is 0 Å². The Morgan fingerprint density at radius 3 is 2.65 bits per heavy atom. The highest BCUT2D eigenvalue weighted by Crippen LogP contribution is 2.54. The highest BCUT2D eigenvalue weighted by atomic mass is 14.5. The van der Waals surface area contributed by atoms with Gasteiger partial charge in [-0.15, -0.1) is 0 Å². The Labute approximate surface area is 126 Å². The van der Waals surface area contributed by atoms with Crippen LogP contribution in [-0.4, -0.2) is 0 Å². The normalized spacial score (nSPS) is 37.1. The molecule has 1 nitrogen and oxygen atoms in total. The zero-order chi connectivity index (χ0) is 14.4. The molecule has 1 unspecified atom stereocenters. The Bertz CT molecular complexity index is 323. The third kappa shape index (κ3) is 3.38.